The number of hydrogen-bond acceptors (Lipinski definition) is 4. The molecule has 7 heteroatoms. The summed E-state index contributed by atoms with van der Waals surface area (Å²) in [4.78, 5) is 29.9. The van der Waals surface area contributed by atoms with E-state index in [0.717, 1.165) is 11.4 Å². The number of nitrogens with zero attached hydrogens (tertiary/aromatic N) is 2. The van der Waals surface area contributed by atoms with Gasteiger partial charge in [0.25, 0.3) is 0 Å². The van der Waals surface area contributed by atoms with Crippen LogP contribution in [0, 0.1) is 0 Å². The van der Waals surface area contributed by atoms with E-state index in [2.05, 4.69) is 10.3 Å². The van der Waals surface area contributed by atoms with Crippen LogP contribution in [0.5, 0.6) is 0 Å². The maximum Gasteiger partial charge on any atom is 0.244 e. The zero-order valence-corrected chi connectivity index (χ0v) is 12.6. The maximum atomic E-state index is 12.5. The van der Waals surface area contributed by atoms with Crippen molar-refractivity contribution in [2.24, 2.45) is 0 Å². The fraction of sp³-hybridized carbons (Fsp3) is 0.214. The van der Waals surface area contributed by atoms with Crippen LogP contribution in [-0.4, -0.2) is 23.3 Å². The average molecular weight is 322 g/mol. The van der Waals surface area contributed by atoms with Crippen molar-refractivity contribution >= 4 is 46.1 Å². The molecule has 2 amide bonds. The van der Waals surface area contributed by atoms with Gasteiger partial charge in [0.05, 0.1) is 29.4 Å². The Morgan fingerprint density at radius 3 is 3.00 bits per heavy atom. The smallest absolute Gasteiger partial charge is 0.244 e. The van der Waals surface area contributed by atoms with Gasteiger partial charge in [-0.05, 0) is 12.1 Å². The van der Waals surface area contributed by atoms with E-state index in [0.29, 0.717) is 16.6 Å². The van der Waals surface area contributed by atoms with Gasteiger partial charge in [-0.1, -0.05) is 12.1 Å². The molecule has 108 valence electrons. The molecule has 1 aliphatic heterocycles. The van der Waals surface area contributed by atoms with E-state index < -0.39 is 0 Å². The minimum atomic E-state index is -0.192. The van der Waals surface area contributed by atoms with Gasteiger partial charge in [0.1, 0.15) is 11.6 Å². The van der Waals surface area contributed by atoms with Gasteiger partial charge < -0.3 is 10.2 Å². The Kier molecular flexibility index (Phi) is 3.90. The Bertz CT molecular complexity index is 701. The number of benzene rings is 1. The van der Waals surface area contributed by atoms with Crippen molar-refractivity contribution in [3.63, 3.8) is 0 Å². The summed E-state index contributed by atoms with van der Waals surface area (Å²) in [5.41, 5.74) is 2.14. The van der Waals surface area contributed by atoms with E-state index in [1.54, 1.807) is 6.07 Å². The Morgan fingerprint density at radius 2 is 2.24 bits per heavy atom. The zero-order valence-electron chi connectivity index (χ0n) is 11.0. The second-order valence-corrected chi connectivity index (χ2v) is 5.80. The third-order valence-electron chi connectivity index (χ3n) is 3.11. The van der Waals surface area contributed by atoms with Crippen LogP contribution in [0.3, 0.4) is 0 Å². The van der Waals surface area contributed by atoms with Crippen molar-refractivity contribution in [1.29, 1.82) is 0 Å². The zero-order chi connectivity index (χ0) is 14.8. The number of rotatable bonds is 3. The van der Waals surface area contributed by atoms with E-state index >= 15 is 0 Å². The Hall–Kier alpha value is -1.92. The van der Waals surface area contributed by atoms with E-state index in [9.17, 15) is 9.59 Å². The van der Waals surface area contributed by atoms with Crippen LogP contribution < -0.4 is 10.2 Å². The number of nitrogens with one attached hydrogen (secondary N) is 1. The first-order valence-corrected chi connectivity index (χ1v) is 7.77. The number of aromatic nitrogens is 1. The summed E-state index contributed by atoms with van der Waals surface area (Å²) in [5, 5.41) is 5.31. The van der Waals surface area contributed by atoms with Crippen molar-refractivity contribution in [3.05, 3.63) is 40.3 Å². The van der Waals surface area contributed by atoms with Crippen molar-refractivity contribution in [2.45, 2.75) is 12.3 Å². The minimum absolute atomic E-state index is 0.0313. The van der Waals surface area contributed by atoms with E-state index in [-0.39, 0.29) is 24.8 Å². The number of alkyl halides is 1. The largest absolute Gasteiger partial charge is 0.323 e. The first-order valence-electron chi connectivity index (χ1n) is 6.36. The second-order valence-electron chi connectivity index (χ2n) is 4.59. The molecule has 0 saturated carbocycles. The Labute approximate surface area is 130 Å². The number of amides is 2. The van der Waals surface area contributed by atoms with Crippen LogP contribution in [0.1, 0.15) is 10.7 Å². The summed E-state index contributed by atoms with van der Waals surface area (Å²) >= 11 is 7.11. The standard InChI is InChI=1S/C14H12ClN3O2S/c15-6-9-8-21-13(16-9)5-14(20)18-7-12(19)17-10-3-1-2-4-11(10)18/h1-4,8H,5-7H2,(H,17,19). The molecule has 0 unspecified atom stereocenters. The molecule has 0 radical (unpaired) electrons. The van der Waals surface area contributed by atoms with Gasteiger partial charge in [-0.15, -0.1) is 22.9 Å². The number of para-hydroxylation sites is 2. The quantitative estimate of drug-likeness (QED) is 0.883. The molecule has 0 spiro atoms. The maximum absolute atomic E-state index is 12.5. The monoisotopic (exact) mass is 321 g/mol. The minimum Gasteiger partial charge on any atom is -0.323 e. The third kappa shape index (κ3) is 2.91. The molecule has 1 aromatic heterocycles. The SMILES string of the molecule is O=C1CN(C(=O)Cc2nc(CCl)cs2)c2ccccc2N1. The van der Waals surface area contributed by atoms with Crippen molar-refractivity contribution in [1.82, 2.24) is 4.98 Å². The molecule has 5 nitrogen and oxygen atoms in total. The molecule has 0 saturated heterocycles. The number of hydrogen-bond donors (Lipinski definition) is 1. The van der Waals surface area contributed by atoms with Crippen molar-refractivity contribution in [3.8, 4) is 0 Å². The van der Waals surface area contributed by atoms with Crippen LogP contribution >= 0.6 is 22.9 Å². The summed E-state index contributed by atoms with van der Waals surface area (Å²) in [6.45, 7) is 0.0313. The Morgan fingerprint density at radius 1 is 1.43 bits per heavy atom. The number of thiazole rings is 1. The topological polar surface area (TPSA) is 62.3 Å². The van der Waals surface area contributed by atoms with Crippen LogP contribution in [0.4, 0.5) is 11.4 Å². The number of fused-ring (bicyclic) bond motifs is 1. The summed E-state index contributed by atoms with van der Waals surface area (Å²) in [7, 11) is 0. The fourth-order valence-corrected chi connectivity index (χ4v) is 3.19. The molecule has 0 fully saturated rings. The predicted octanol–water partition coefficient (Wildman–Crippen LogP) is 2.41. The number of carbonyl (C=O) groups is 2. The van der Waals surface area contributed by atoms with Gasteiger partial charge in [0.2, 0.25) is 11.8 Å². The highest BCUT2D eigenvalue weighted by molar-refractivity contribution is 7.09. The predicted molar refractivity (Wildman–Crippen MR) is 82.8 cm³/mol. The van der Waals surface area contributed by atoms with Gasteiger partial charge in [0.15, 0.2) is 0 Å². The van der Waals surface area contributed by atoms with Gasteiger partial charge in [0, 0.05) is 5.38 Å². The van der Waals surface area contributed by atoms with Gasteiger partial charge in [-0.2, -0.15) is 0 Å². The highest BCUT2D eigenvalue weighted by Gasteiger charge is 2.26. The summed E-state index contributed by atoms with van der Waals surface area (Å²) in [5.74, 6) is -0.00460. The lowest BCUT2D eigenvalue weighted by Gasteiger charge is -2.28. The van der Waals surface area contributed by atoms with Gasteiger partial charge >= 0.3 is 0 Å². The first kappa shape index (κ1) is 14.0. The second kappa shape index (κ2) is 5.83. The number of halogens is 1. The van der Waals surface area contributed by atoms with Crippen LogP contribution in [0.25, 0.3) is 0 Å². The summed E-state index contributed by atoms with van der Waals surface area (Å²) < 4.78 is 0. The number of anilines is 2. The average Bonchev–Trinajstić information content (AvgIpc) is 2.94. The number of carbonyl (C=O) groups excluding carboxylic acids is 2. The summed E-state index contributed by atoms with van der Waals surface area (Å²) in [6.07, 6.45) is 0.170. The molecule has 2 heterocycles. The lowest BCUT2D eigenvalue weighted by Crippen LogP contribution is -2.42. The van der Waals surface area contributed by atoms with E-state index in [1.165, 1.54) is 16.2 Å². The molecule has 3 rings (SSSR count). The highest BCUT2D eigenvalue weighted by Crippen LogP contribution is 2.29. The normalized spacial score (nSPS) is 13.8. The van der Waals surface area contributed by atoms with Gasteiger partial charge in [-0.3, -0.25) is 9.59 Å². The van der Waals surface area contributed by atoms with Crippen LogP contribution in [-0.2, 0) is 21.9 Å². The lowest BCUT2D eigenvalue weighted by molar-refractivity contribution is -0.121. The van der Waals surface area contributed by atoms with Crippen LogP contribution in [0.2, 0.25) is 0 Å². The molecule has 21 heavy (non-hydrogen) atoms. The molecule has 0 bridgehead atoms. The Balaban J connectivity index is 1.82. The molecular formula is C14H12ClN3O2S. The molecule has 0 aliphatic carbocycles. The van der Waals surface area contributed by atoms with Crippen molar-refractivity contribution < 1.29 is 9.59 Å². The van der Waals surface area contributed by atoms with Crippen molar-refractivity contribution in [2.75, 3.05) is 16.8 Å². The molecule has 2 aromatic rings. The van der Waals surface area contributed by atoms with Crippen LogP contribution in [0.15, 0.2) is 29.6 Å². The fourth-order valence-electron chi connectivity index (χ4n) is 2.17. The molecule has 1 N–H and O–H groups in total. The highest BCUT2D eigenvalue weighted by atomic mass is 35.5. The molecule has 1 aliphatic rings. The lowest BCUT2D eigenvalue weighted by atomic mass is 10.2. The third-order valence-corrected chi connectivity index (χ3v) is 4.28. The molecular weight excluding hydrogens is 310 g/mol. The molecule has 1 aromatic carbocycles. The summed E-state index contributed by atoms with van der Waals surface area (Å²) in [6, 6.07) is 7.26. The molecule has 0 atom stereocenters. The van der Waals surface area contributed by atoms with E-state index in [4.69, 9.17) is 11.6 Å². The van der Waals surface area contributed by atoms with Gasteiger partial charge in [-0.25, -0.2) is 4.98 Å². The van der Waals surface area contributed by atoms with E-state index in [1.807, 2.05) is 23.6 Å². The first-order chi connectivity index (χ1) is 10.2.